The summed E-state index contributed by atoms with van der Waals surface area (Å²) in [5, 5.41) is 16.5. The van der Waals surface area contributed by atoms with Crippen LogP contribution in [0, 0.1) is 11.6 Å². The fourth-order valence-electron chi connectivity index (χ4n) is 3.31. The second kappa shape index (κ2) is 10.9. The van der Waals surface area contributed by atoms with Gasteiger partial charge in [-0.1, -0.05) is 0 Å². The Bertz CT molecular complexity index is 1520. The first kappa shape index (κ1) is 25.4. The number of rotatable bonds is 7. The van der Waals surface area contributed by atoms with Crippen LogP contribution in [0.4, 0.5) is 14.5 Å². The molecule has 11 heteroatoms. The molecule has 0 aliphatic carbocycles. The highest BCUT2D eigenvalue weighted by molar-refractivity contribution is 9.10. The Morgan fingerprint density at radius 2 is 1.75 bits per heavy atom. The van der Waals surface area contributed by atoms with Gasteiger partial charge in [0.25, 0.3) is 0 Å². The standard InChI is InChI=1S/C25H20BrF2N3O4S/c1-33-16-5-7-22(34-2)17(11-16)21-13-36-25(30-20-6-4-15(27)10-19(20)28)31(21)29-12-14-8-18(26)24(32)23(9-14)35-3/h4-13,32H,1-3H3. The van der Waals surface area contributed by atoms with E-state index in [0.29, 0.717) is 37.6 Å². The van der Waals surface area contributed by atoms with Crippen molar-refractivity contribution in [3.05, 3.63) is 80.4 Å². The van der Waals surface area contributed by atoms with E-state index in [2.05, 4.69) is 26.0 Å². The molecule has 7 nitrogen and oxygen atoms in total. The first-order valence-electron chi connectivity index (χ1n) is 10.4. The molecule has 1 heterocycles. The van der Waals surface area contributed by atoms with E-state index < -0.39 is 11.6 Å². The topological polar surface area (TPSA) is 77.6 Å². The molecule has 0 unspecified atom stereocenters. The molecule has 0 bridgehead atoms. The average molecular weight is 576 g/mol. The predicted octanol–water partition coefficient (Wildman–Crippen LogP) is 6.10. The number of aromatic hydroxyl groups is 1. The number of hydrogen-bond acceptors (Lipinski definition) is 7. The van der Waals surface area contributed by atoms with Crippen LogP contribution in [0.15, 0.2) is 68.5 Å². The lowest BCUT2D eigenvalue weighted by molar-refractivity contribution is 0.372. The summed E-state index contributed by atoms with van der Waals surface area (Å²) >= 11 is 4.51. The summed E-state index contributed by atoms with van der Waals surface area (Å²) in [6.45, 7) is 0. The number of halogens is 3. The Hall–Kier alpha value is -3.70. The first-order chi connectivity index (χ1) is 17.3. The van der Waals surface area contributed by atoms with Crippen molar-refractivity contribution in [3.8, 4) is 34.3 Å². The Morgan fingerprint density at radius 1 is 0.972 bits per heavy atom. The highest BCUT2D eigenvalue weighted by Crippen LogP contribution is 2.36. The molecular weight excluding hydrogens is 556 g/mol. The molecule has 0 atom stereocenters. The highest BCUT2D eigenvalue weighted by Gasteiger charge is 2.15. The van der Waals surface area contributed by atoms with Crippen molar-refractivity contribution in [2.75, 3.05) is 21.3 Å². The molecule has 0 saturated carbocycles. The summed E-state index contributed by atoms with van der Waals surface area (Å²) in [7, 11) is 4.54. The van der Waals surface area contributed by atoms with Crippen molar-refractivity contribution in [1.29, 1.82) is 0 Å². The smallest absolute Gasteiger partial charge is 0.211 e. The zero-order valence-corrected chi connectivity index (χ0v) is 21.7. The number of ether oxygens (including phenoxy) is 3. The fraction of sp³-hybridized carbons (Fsp3) is 0.120. The molecule has 0 fully saturated rings. The number of phenolic OH excluding ortho intramolecular Hbond substituents is 1. The van der Waals surface area contributed by atoms with Crippen LogP contribution in [-0.4, -0.2) is 37.3 Å². The molecule has 0 aliphatic rings. The van der Waals surface area contributed by atoms with Gasteiger partial charge in [0.1, 0.15) is 23.0 Å². The zero-order chi connectivity index (χ0) is 25.8. The molecule has 0 radical (unpaired) electrons. The van der Waals surface area contributed by atoms with E-state index in [4.69, 9.17) is 14.2 Å². The summed E-state index contributed by atoms with van der Waals surface area (Å²) in [6.07, 6.45) is 1.54. The maximum Gasteiger partial charge on any atom is 0.211 e. The van der Waals surface area contributed by atoms with Gasteiger partial charge in [-0.2, -0.15) is 5.10 Å². The van der Waals surface area contributed by atoms with Crippen molar-refractivity contribution in [1.82, 2.24) is 4.68 Å². The summed E-state index contributed by atoms with van der Waals surface area (Å²) in [5.74, 6) is -0.117. The summed E-state index contributed by atoms with van der Waals surface area (Å²) in [6, 6.07) is 11.7. The normalized spacial score (nSPS) is 11.8. The van der Waals surface area contributed by atoms with Crippen LogP contribution in [0.3, 0.4) is 0 Å². The van der Waals surface area contributed by atoms with Crippen LogP contribution in [0.25, 0.3) is 11.3 Å². The number of benzene rings is 3. The van der Waals surface area contributed by atoms with Gasteiger partial charge in [0.15, 0.2) is 17.3 Å². The first-order valence-corrected chi connectivity index (χ1v) is 12.1. The minimum Gasteiger partial charge on any atom is -0.503 e. The van der Waals surface area contributed by atoms with E-state index in [1.807, 2.05) is 0 Å². The lowest BCUT2D eigenvalue weighted by Crippen LogP contribution is -2.12. The molecule has 1 N–H and O–H groups in total. The SMILES string of the molecule is COc1ccc(OC)c(-c2csc(=Nc3ccc(F)cc3F)n2N=Cc2cc(Br)c(O)c(OC)c2)c1. The van der Waals surface area contributed by atoms with E-state index in [1.165, 1.54) is 35.4 Å². The number of methoxy groups -OCH3 is 3. The van der Waals surface area contributed by atoms with E-state index in [-0.39, 0.29) is 17.2 Å². The molecule has 0 saturated heterocycles. The lowest BCUT2D eigenvalue weighted by atomic mass is 10.1. The van der Waals surface area contributed by atoms with Gasteiger partial charge < -0.3 is 19.3 Å². The van der Waals surface area contributed by atoms with Gasteiger partial charge in [-0.15, -0.1) is 11.3 Å². The van der Waals surface area contributed by atoms with Crippen LogP contribution in [0.5, 0.6) is 23.0 Å². The number of nitrogens with zero attached hydrogens (tertiary/aromatic N) is 3. The van der Waals surface area contributed by atoms with Gasteiger partial charge in [-0.05, 0) is 64.0 Å². The largest absolute Gasteiger partial charge is 0.503 e. The van der Waals surface area contributed by atoms with E-state index in [1.54, 1.807) is 49.9 Å². The number of thiazole rings is 1. The monoisotopic (exact) mass is 575 g/mol. The Morgan fingerprint density at radius 3 is 2.44 bits per heavy atom. The molecular formula is C25H20BrF2N3O4S. The van der Waals surface area contributed by atoms with E-state index in [9.17, 15) is 13.9 Å². The van der Waals surface area contributed by atoms with Crippen molar-refractivity contribution in [2.24, 2.45) is 10.1 Å². The number of aromatic nitrogens is 1. The molecule has 4 rings (SSSR count). The van der Waals surface area contributed by atoms with Gasteiger partial charge in [0.05, 0.1) is 37.7 Å². The van der Waals surface area contributed by atoms with Crippen molar-refractivity contribution in [2.45, 2.75) is 0 Å². The van der Waals surface area contributed by atoms with Crippen LogP contribution < -0.4 is 19.0 Å². The van der Waals surface area contributed by atoms with Gasteiger partial charge in [-0.3, -0.25) is 0 Å². The molecule has 36 heavy (non-hydrogen) atoms. The summed E-state index contributed by atoms with van der Waals surface area (Å²) < 4.78 is 45.8. The Labute approximate surface area is 217 Å². The number of hydrogen-bond donors (Lipinski definition) is 1. The van der Waals surface area contributed by atoms with Gasteiger partial charge in [0, 0.05) is 17.0 Å². The molecule has 0 spiro atoms. The molecule has 1 aromatic heterocycles. The zero-order valence-electron chi connectivity index (χ0n) is 19.3. The van der Waals surface area contributed by atoms with Gasteiger partial charge in [-0.25, -0.2) is 18.4 Å². The van der Waals surface area contributed by atoms with E-state index in [0.717, 1.165) is 12.1 Å². The van der Waals surface area contributed by atoms with Crippen molar-refractivity contribution < 1.29 is 28.1 Å². The summed E-state index contributed by atoms with van der Waals surface area (Å²) in [4.78, 5) is 4.70. The molecule has 4 aromatic rings. The maximum atomic E-state index is 14.4. The second-order valence-electron chi connectivity index (χ2n) is 7.29. The lowest BCUT2D eigenvalue weighted by Gasteiger charge is -2.11. The molecule has 186 valence electrons. The average Bonchev–Trinajstić information content (AvgIpc) is 3.27. The fourth-order valence-corrected chi connectivity index (χ4v) is 4.61. The van der Waals surface area contributed by atoms with Crippen LogP contribution in [0.2, 0.25) is 0 Å². The second-order valence-corrected chi connectivity index (χ2v) is 8.98. The van der Waals surface area contributed by atoms with Crippen LogP contribution >= 0.6 is 27.3 Å². The van der Waals surface area contributed by atoms with Crippen molar-refractivity contribution in [3.63, 3.8) is 0 Å². The minimum atomic E-state index is -0.799. The molecule has 0 amide bonds. The third-order valence-electron chi connectivity index (χ3n) is 5.09. The Balaban J connectivity index is 1.93. The molecule has 3 aromatic carbocycles. The van der Waals surface area contributed by atoms with Crippen LogP contribution in [0.1, 0.15) is 5.56 Å². The number of phenols is 1. The van der Waals surface area contributed by atoms with Gasteiger partial charge in [0.2, 0.25) is 4.80 Å². The summed E-state index contributed by atoms with van der Waals surface area (Å²) in [5.41, 5.74) is 1.83. The Kier molecular flexibility index (Phi) is 7.70. The highest BCUT2D eigenvalue weighted by atomic mass is 79.9. The van der Waals surface area contributed by atoms with Crippen LogP contribution in [-0.2, 0) is 0 Å². The third-order valence-corrected chi connectivity index (χ3v) is 6.51. The van der Waals surface area contributed by atoms with Gasteiger partial charge >= 0.3 is 0 Å². The predicted molar refractivity (Wildman–Crippen MR) is 138 cm³/mol. The quantitative estimate of drug-likeness (QED) is 0.270. The maximum absolute atomic E-state index is 14.4. The minimum absolute atomic E-state index is 0.0397. The molecule has 0 aliphatic heterocycles. The third kappa shape index (κ3) is 5.26. The van der Waals surface area contributed by atoms with E-state index >= 15 is 0 Å². The van der Waals surface area contributed by atoms with Crippen molar-refractivity contribution >= 4 is 39.2 Å².